The first-order valence-electron chi connectivity index (χ1n) is 8.78. The maximum absolute atomic E-state index is 12.6. The molecule has 1 aliphatic heterocycles. The second-order valence-corrected chi connectivity index (χ2v) is 7.64. The van der Waals surface area contributed by atoms with Crippen LogP contribution < -0.4 is 20.1 Å². The van der Waals surface area contributed by atoms with Gasteiger partial charge in [0.2, 0.25) is 0 Å². The van der Waals surface area contributed by atoms with E-state index in [2.05, 4.69) is 31.4 Å². The van der Waals surface area contributed by atoms with Crippen molar-refractivity contribution in [1.29, 1.82) is 0 Å². The van der Waals surface area contributed by atoms with Crippen molar-refractivity contribution in [3.63, 3.8) is 0 Å². The molecule has 138 valence electrons. The van der Waals surface area contributed by atoms with E-state index in [4.69, 9.17) is 9.47 Å². The van der Waals surface area contributed by atoms with Gasteiger partial charge in [0.25, 0.3) is 5.91 Å². The third-order valence-corrected chi connectivity index (χ3v) is 4.45. The Kier molecular flexibility index (Phi) is 4.81. The van der Waals surface area contributed by atoms with Gasteiger partial charge in [0, 0.05) is 11.8 Å². The van der Waals surface area contributed by atoms with E-state index in [1.807, 2.05) is 43.3 Å². The quantitative estimate of drug-likeness (QED) is 0.871. The predicted molar refractivity (Wildman–Crippen MR) is 104 cm³/mol. The van der Waals surface area contributed by atoms with Crippen LogP contribution in [0.25, 0.3) is 0 Å². The Morgan fingerprint density at radius 3 is 2.69 bits per heavy atom. The molecule has 2 N–H and O–H groups in total. The van der Waals surface area contributed by atoms with Gasteiger partial charge in [0.15, 0.2) is 6.10 Å². The first-order valence-corrected chi connectivity index (χ1v) is 8.78. The summed E-state index contributed by atoms with van der Waals surface area (Å²) in [5, 5.41) is 6.17. The zero-order chi connectivity index (χ0) is 18.9. The molecule has 0 saturated heterocycles. The Labute approximate surface area is 154 Å². The summed E-state index contributed by atoms with van der Waals surface area (Å²) < 4.78 is 11.4. The molecule has 0 saturated carbocycles. The molecule has 26 heavy (non-hydrogen) atoms. The van der Waals surface area contributed by atoms with Gasteiger partial charge in [-0.05, 0) is 41.7 Å². The van der Waals surface area contributed by atoms with Gasteiger partial charge >= 0.3 is 0 Å². The third kappa shape index (κ3) is 3.77. The topological polar surface area (TPSA) is 59.6 Å². The van der Waals surface area contributed by atoms with Gasteiger partial charge in [-0.15, -0.1) is 0 Å². The van der Waals surface area contributed by atoms with Crippen molar-refractivity contribution in [2.75, 3.05) is 24.3 Å². The Morgan fingerprint density at radius 2 is 2.00 bits per heavy atom. The Bertz CT molecular complexity index is 824. The highest BCUT2D eigenvalue weighted by Crippen LogP contribution is 2.34. The van der Waals surface area contributed by atoms with Crippen LogP contribution in [0, 0.1) is 6.92 Å². The molecular weight excluding hydrogens is 328 g/mol. The maximum Gasteiger partial charge on any atom is 0.267 e. The molecule has 1 unspecified atom stereocenters. The van der Waals surface area contributed by atoms with Gasteiger partial charge in [-0.25, -0.2) is 0 Å². The van der Waals surface area contributed by atoms with Gasteiger partial charge in [-0.3, -0.25) is 4.79 Å². The lowest BCUT2D eigenvalue weighted by molar-refractivity contribution is -0.122. The predicted octanol–water partition coefficient (Wildman–Crippen LogP) is 4.11. The summed E-state index contributed by atoms with van der Waals surface area (Å²) in [5.41, 5.74) is 3.76. The number of nitrogens with one attached hydrogen (secondary N) is 2. The van der Waals surface area contributed by atoms with Crippen LogP contribution in [0.5, 0.6) is 11.5 Å². The van der Waals surface area contributed by atoms with Crippen LogP contribution in [0.2, 0.25) is 0 Å². The molecule has 0 fully saturated rings. The third-order valence-electron chi connectivity index (χ3n) is 4.45. The fraction of sp³-hybridized carbons (Fsp3) is 0.381. The maximum atomic E-state index is 12.6. The monoisotopic (exact) mass is 354 g/mol. The summed E-state index contributed by atoms with van der Waals surface area (Å²) in [6.07, 6.45) is -0.586. The molecule has 0 aromatic heterocycles. The second kappa shape index (κ2) is 6.90. The number of aryl methyl sites for hydroxylation is 1. The van der Waals surface area contributed by atoms with E-state index in [9.17, 15) is 4.79 Å². The molecule has 2 aromatic carbocycles. The van der Waals surface area contributed by atoms with Crippen LogP contribution in [0.15, 0.2) is 36.4 Å². The minimum Gasteiger partial charge on any atom is -0.496 e. The SMILES string of the molecule is COc1cc(NC(=O)C2CNc3ccc(C)cc3O2)ccc1C(C)(C)C. The largest absolute Gasteiger partial charge is 0.496 e. The van der Waals surface area contributed by atoms with Crippen LogP contribution >= 0.6 is 0 Å². The number of hydrogen-bond acceptors (Lipinski definition) is 4. The van der Waals surface area contributed by atoms with Gasteiger partial charge in [0.1, 0.15) is 11.5 Å². The van der Waals surface area contributed by atoms with Gasteiger partial charge in [-0.1, -0.05) is 32.9 Å². The first kappa shape index (κ1) is 18.1. The average Bonchev–Trinajstić information content (AvgIpc) is 2.59. The van der Waals surface area contributed by atoms with Crippen molar-refractivity contribution in [2.24, 2.45) is 0 Å². The molecule has 1 amide bonds. The molecule has 0 radical (unpaired) electrons. The zero-order valence-electron chi connectivity index (χ0n) is 16.0. The molecular formula is C21H26N2O3. The van der Waals surface area contributed by atoms with E-state index in [-0.39, 0.29) is 11.3 Å². The van der Waals surface area contributed by atoms with Crippen molar-refractivity contribution < 1.29 is 14.3 Å². The van der Waals surface area contributed by atoms with E-state index in [0.717, 1.165) is 22.6 Å². The number of carbonyl (C=O) groups excluding carboxylic acids is 1. The van der Waals surface area contributed by atoms with E-state index in [0.29, 0.717) is 18.0 Å². The van der Waals surface area contributed by atoms with E-state index in [1.54, 1.807) is 7.11 Å². The zero-order valence-corrected chi connectivity index (χ0v) is 16.0. The summed E-state index contributed by atoms with van der Waals surface area (Å²) in [6, 6.07) is 11.7. The molecule has 0 spiro atoms. The summed E-state index contributed by atoms with van der Waals surface area (Å²) >= 11 is 0. The van der Waals surface area contributed by atoms with Crippen molar-refractivity contribution in [3.05, 3.63) is 47.5 Å². The normalized spacial score (nSPS) is 16.1. The minimum absolute atomic E-state index is 0.0359. The second-order valence-electron chi connectivity index (χ2n) is 7.64. The van der Waals surface area contributed by atoms with Crippen LogP contribution in [0.3, 0.4) is 0 Å². The average molecular weight is 354 g/mol. The van der Waals surface area contributed by atoms with Crippen LogP contribution in [0.4, 0.5) is 11.4 Å². The van der Waals surface area contributed by atoms with E-state index in [1.165, 1.54) is 0 Å². The smallest absolute Gasteiger partial charge is 0.267 e. The number of ether oxygens (including phenoxy) is 2. The first-order chi connectivity index (χ1) is 12.3. The summed E-state index contributed by atoms with van der Waals surface area (Å²) in [5.74, 6) is 1.28. The number of hydrogen-bond donors (Lipinski definition) is 2. The number of rotatable bonds is 3. The van der Waals surface area contributed by atoms with Crippen LogP contribution in [0.1, 0.15) is 31.9 Å². The van der Waals surface area contributed by atoms with Crippen molar-refractivity contribution in [2.45, 2.75) is 39.2 Å². The highest BCUT2D eigenvalue weighted by atomic mass is 16.5. The molecule has 5 nitrogen and oxygen atoms in total. The summed E-state index contributed by atoms with van der Waals surface area (Å²) in [7, 11) is 1.64. The lowest BCUT2D eigenvalue weighted by Crippen LogP contribution is -2.41. The fourth-order valence-electron chi connectivity index (χ4n) is 3.03. The van der Waals surface area contributed by atoms with E-state index < -0.39 is 6.10 Å². The van der Waals surface area contributed by atoms with Crippen molar-refractivity contribution >= 4 is 17.3 Å². The Hall–Kier alpha value is -2.69. The molecule has 0 bridgehead atoms. The fourth-order valence-corrected chi connectivity index (χ4v) is 3.03. The molecule has 1 aliphatic rings. The standard InChI is InChI=1S/C21H26N2O3/c1-13-6-9-16-18(10-13)26-19(12-22-16)20(24)23-14-7-8-15(21(2,3)4)17(11-14)25-5/h6-11,19,22H,12H2,1-5H3,(H,23,24). The number of amides is 1. The highest BCUT2D eigenvalue weighted by Gasteiger charge is 2.26. The number of benzene rings is 2. The van der Waals surface area contributed by atoms with E-state index >= 15 is 0 Å². The number of anilines is 2. The minimum atomic E-state index is -0.586. The molecule has 0 aliphatic carbocycles. The highest BCUT2D eigenvalue weighted by molar-refractivity contribution is 5.95. The molecule has 1 heterocycles. The number of fused-ring (bicyclic) bond motifs is 1. The number of methoxy groups -OCH3 is 1. The molecule has 1 atom stereocenters. The number of carbonyl (C=O) groups is 1. The molecule has 2 aromatic rings. The molecule has 3 rings (SSSR count). The van der Waals surface area contributed by atoms with Crippen molar-refractivity contribution in [1.82, 2.24) is 0 Å². The Morgan fingerprint density at radius 1 is 1.23 bits per heavy atom. The van der Waals surface area contributed by atoms with Crippen LogP contribution in [-0.4, -0.2) is 25.7 Å². The van der Waals surface area contributed by atoms with Gasteiger partial charge in [-0.2, -0.15) is 0 Å². The van der Waals surface area contributed by atoms with Crippen LogP contribution in [-0.2, 0) is 10.2 Å². The Balaban J connectivity index is 1.74. The summed E-state index contributed by atoms with van der Waals surface area (Å²) in [4.78, 5) is 12.6. The lowest BCUT2D eigenvalue weighted by Gasteiger charge is -2.27. The van der Waals surface area contributed by atoms with Crippen molar-refractivity contribution in [3.8, 4) is 11.5 Å². The van der Waals surface area contributed by atoms with Gasteiger partial charge in [0.05, 0.1) is 19.3 Å². The van der Waals surface area contributed by atoms with Gasteiger partial charge < -0.3 is 20.1 Å². The molecule has 5 heteroatoms. The lowest BCUT2D eigenvalue weighted by atomic mass is 9.86. The summed E-state index contributed by atoms with van der Waals surface area (Å²) in [6.45, 7) is 8.81.